The van der Waals surface area contributed by atoms with Crippen LogP contribution in [0.4, 0.5) is 0 Å². The molecule has 120 valence electrons. The van der Waals surface area contributed by atoms with E-state index in [4.69, 9.17) is 4.74 Å². The highest BCUT2D eigenvalue weighted by Crippen LogP contribution is 2.27. The number of aryl methyl sites for hydroxylation is 1. The predicted molar refractivity (Wildman–Crippen MR) is 85.2 cm³/mol. The molecule has 1 saturated heterocycles. The lowest BCUT2D eigenvalue weighted by Gasteiger charge is -2.10. The van der Waals surface area contributed by atoms with Crippen molar-refractivity contribution in [1.82, 2.24) is 35.0 Å². The summed E-state index contributed by atoms with van der Waals surface area (Å²) < 4.78 is 7.93. The monoisotopic (exact) mass is 313 g/mol. The fraction of sp³-hybridized carbons (Fsp3) is 0.467. The zero-order valence-corrected chi connectivity index (χ0v) is 13.2. The van der Waals surface area contributed by atoms with Crippen LogP contribution in [0.15, 0.2) is 12.5 Å². The largest absolute Gasteiger partial charge is 0.471 e. The van der Waals surface area contributed by atoms with Gasteiger partial charge in [0.25, 0.3) is 0 Å². The van der Waals surface area contributed by atoms with Gasteiger partial charge in [0.1, 0.15) is 23.8 Å². The summed E-state index contributed by atoms with van der Waals surface area (Å²) in [5, 5.41) is 7.65. The average Bonchev–Trinajstić information content (AvgIpc) is 3.26. The standard InChI is InChI=1S/C15H19N7O/c1-3-22-9(2)11(7-19-22)13-20-12-14(21-13)17-8-18-15(12)23-10-4-5-16-6-10/h7-8,10,16H,3-6H2,1-2H3,(H,17,18,20,21)/t10-/m0/s1. The summed E-state index contributed by atoms with van der Waals surface area (Å²) in [7, 11) is 0. The summed E-state index contributed by atoms with van der Waals surface area (Å²) in [6.07, 6.45) is 4.44. The highest BCUT2D eigenvalue weighted by molar-refractivity contribution is 5.80. The number of rotatable bonds is 4. The minimum absolute atomic E-state index is 0.143. The summed E-state index contributed by atoms with van der Waals surface area (Å²) >= 11 is 0. The number of hydrogen-bond donors (Lipinski definition) is 2. The Bertz CT molecular complexity index is 832. The Balaban J connectivity index is 1.73. The second-order valence-electron chi connectivity index (χ2n) is 5.65. The molecule has 0 saturated carbocycles. The fourth-order valence-electron chi connectivity index (χ4n) is 2.91. The van der Waals surface area contributed by atoms with E-state index in [1.54, 1.807) is 0 Å². The summed E-state index contributed by atoms with van der Waals surface area (Å²) in [5.74, 6) is 1.30. The van der Waals surface area contributed by atoms with Crippen LogP contribution in [0.2, 0.25) is 0 Å². The van der Waals surface area contributed by atoms with E-state index >= 15 is 0 Å². The van der Waals surface area contributed by atoms with E-state index in [0.29, 0.717) is 11.5 Å². The van der Waals surface area contributed by atoms with Gasteiger partial charge in [0, 0.05) is 18.8 Å². The molecule has 0 amide bonds. The highest BCUT2D eigenvalue weighted by atomic mass is 16.5. The lowest BCUT2D eigenvalue weighted by Crippen LogP contribution is -2.20. The molecule has 1 aliphatic heterocycles. The summed E-state index contributed by atoms with van der Waals surface area (Å²) in [5.41, 5.74) is 3.39. The number of nitrogens with zero attached hydrogens (tertiary/aromatic N) is 5. The van der Waals surface area contributed by atoms with Gasteiger partial charge in [-0.2, -0.15) is 10.1 Å². The number of fused-ring (bicyclic) bond motifs is 1. The van der Waals surface area contributed by atoms with Crippen molar-refractivity contribution in [2.45, 2.75) is 32.9 Å². The lowest BCUT2D eigenvalue weighted by atomic mass is 10.2. The summed E-state index contributed by atoms with van der Waals surface area (Å²) in [6, 6.07) is 0. The maximum Gasteiger partial charge on any atom is 0.243 e. The first-order chi connectivity index (χ1) is 11.3. The Labute approximate surface area is 133 Å². The Morgan fingerprint density at radius 2 is 2.30 bits per heavy atom. The number of ether oxygens (including phenoxy) is 1. The van der Waals surface area contributed by atoms with Crippen LogP contribution in [0.25, 0.3) is 22.6 Å². The molecule has 0 aliphatic carbocycles. The molecule has 0 bridgehead atoms. The predicted octanol–water partition coefficient (Wildman–Crippen LogP) is 1.29. The molecule has 1 atom stereocenters. The average molecular weight is 313 g/mol. The molecule has 0 spiro atoms. The van der Waals surface area contributed by atoms with Crippen LogP contribution in [-0.2, 0) is 6.54 Å². The molecular weight excluding hydrogens is 294 g/mol. The Morgan fingerprint density at radius 3 is 3.04 bits per heavy atom. The van der Waals surface area contributed by atoms with Gasteiger partial charge in [-0.25, -0.2) is 9.97 Å². The van der Waals surface area contributed by atoms with E-state index in [1.165, 1.54) is 6.33 Å². The lowest BCUT2D eigenvalue weighted by molar-refractivity contribution is 0.216. The van der Waals surface area contributed by atoms with Crippen molar-refractivity contribution in [3.8, 4) is 17.3 Å². The molecule has 3 aromatic rings. The van der Waals surface area contributed by atoms with Gasteiger partial charge >= 0.3 is 0 Å². The zero-order chi connectivity index (χ0) is 15.8. The zero-order valence-electron chi connectivity index (χ0n) is 13.2. The minimum atomic E-state index is 0.143. The van der Waals surface area contributed by atoms with Gasteiger partial charge in [0.2, 0.25) is 5.88 Å². The fourth-order valence-corrected chi connectivity index (χ4v) is 2.91. The molecule has 0 unspecified atom stereocenters. The maximum atomic E-state index is 5.99. The number of nitrogens with one attached hydrogen (secondary N) is 2. The van der Waals surface area contributed by atoms with Gasteiger partial charge in [-0.3, -0.25) is 4.68 Å². The topological polar surface area (TPSA) is 93.5 Å². The van der Waals surface area contributed by atoms with Crippen LogP contribution in [0, 0.1) is 6.92 Å². The van der Waals surface area contributed by atoms with Crippen molar-refractivity contribution in [3.63, 3.8) is 0 Å². The number of aromatic amines is 1. The Morgan fingerprint density at radius 1 is 1.39 bits per heavy atom. The third-order valence-corrected chi connectivity index (χ3v) is 4.20. The Kier molecular flexibility index (Phi) is 3.45. The van der Waals surface area contributed by atoms with Crippen molar-refractivity contribution < 1.29 is 4.74 Å². The third-order valence-electron chi connectivity index (χ3n) is 4.20. The van der Waals surface area contributed by atoms with Gasteiger partial charge in [-0.05, 0) is 26.8 Å². The molecule has 4 rings (SSSR count). The van der Waals surface area contributed by atoms with E-state index in [2.05, 4.69) is 37.3 Å². The van der Waals surface area contributed by atoms with Crippen molar-refractivity contribution in [2.75, 3.05) is 13.1 Å². The van der Waals surface area contributed by atoms with E-state index in [0.717, 1.165) is 48.7 Å². The third kappa shape index (κ3) is 2.44. The number of aromatic nitrogens is 6. The van der Waals surface area contributed by atoms with Gasteiger partial charge in [-0.1, -0.05) is 0 Å². The van der Waals surface area contributed by atoms with Crippen LogP contribution in [0.3, 0.4) is 0 Å². The molecule has 8 heteroatoms. The summed E-state index contributed by atoms with van der Waals surface area (Å²) in [4.78, 5) is 16.4. The quantitative estimate of drug-likeness (QED) is 0.754. The van der Waals surface area contributed by atoms with Gasteiger partial charge in [0.15, 0.2) is 5.65 Å². The SMILES string of the molecule is CCn1ncc(-c2nc3ncnc(O[C@H]4CCNC4)c3[nH]2)c1C. The highest BCUT2D eigenvalue weighted by Gasteiger charge is 2.20. The molecule has 0 aromatic carbocycles. The van der Waals surface area contributed by atoms with Crippen molar-refractivity contribution in [3.05, 3.63) is 18.2 Å². The van der Waals surface area contributed by atoms with Crippen molar-refractivity contribution in [2.24, 2.45) is 0 Å². The molecule has 1 aliphatic rings. The minimum Gasteiger partial charge on any atom is -0.471 e. The van der Waals surface area contributed by atoms with Crippen LogP contribution in [-0.4, -0.2) is 48.9 Å². The smallest absolute Gasteiger partial charge is 0.243 e. The van der Waals surface area contributed by atoms with E-state index in [-0.39, 0.29) is 6.10 Å². The number of hydrogen-bond acceptors (Lipinski definition) is 6. The maximum absolute atomic E-state index is 5.99. The first kappa shape index (κ1) is 14.1. The number of imidazole rings is 1. The summed E-state index contributed by atoms with van der Waals surface area (Å²) in [6.45, 7) is 6.74. The number of H-pyrrole nitrogens is 1. The van der Waals surface area contributed by atoms with Crippen molar-refractivity contribution >= 4 is 11.2 Å². The Hall–Kier alpha value is -2.48. The van der Waals surface area contributed by atoms with E-state index in [1.807, 2.05) is 17.8 Å². The second kappa shape index (κ2) is 5.62. The molecule has 4 heterocycles. The molecule has 0 radical (unpaired) electrons. The van der Waals surface area contributed by atoms with Gasteiger partial charge in [-0.15, -0.1) is 0 Å². The molecular formula is C15H19N7O. The van der Waals surface area contributed by atoms with E-state index in [9.17, 15) is 0 Å². The molecule has 1 fully saturated rings. The van der Waals surface area contributed by atoms with Crippen LogP contribution < -0.4 is 10.1 Å². The second-order valence-corrected chi connectivity index (χ2v) is 5.65. The molecule has 23 heavy (non-hydrogen) atoms. The first-order valence-corrected chi connectivity index (χ1v) is 7.87. The molecule has 8 nitrogen and oxygen atoms in total. The van der Waals surface area contributed by atoms with Crippen LogP contribution >= 0.6 is 0 Å². The van der Waals surface area contributed by atoms with Crippen LogP contribution in [0.5, 0.6) is 5.88 Å². The normalized spacial score (nSPS) is 17.9. The van der Waals surface area contributed by atoms with Gasteiger partial charge in [0.05, 0.1) is 11.8 Å². The van der Waals surface area contributed by atoms with Gasteiger partial charge < -0.3 is 15.0 Å². The van der Waals surface area contributed by atoms with Crippen LogP contribution in [0.1, 0.15) is 19.0 Å². The first-order valence-electron chi connectivity index (χ1n) is 7.87. The molecule has 2 N–H and O–H groups in total. The van der Waals surface area contributed by atoms with Crippen molar-refractivity contribution in [1.29, 1.82) is 0 Å². The molecule has 3 aromatic heterocycles. The van der Waals surface area contributed by atoms with E-state index < -0.39 is 0 Å².